The molecule has 0 aliphatic carbocycles. The van der Waals surface area contributed by atoms with E-state index in [4.69, 9.17) is 10.9 Å². The number of nitrogens with one attached hydrogen (secondary N) is 4. The fourth-order valence-corrected chi connectivity index (χ4v) is 2.19. The van der Waals surface area contributed by atoms with Crippen molar-refractivity contribution in [2.24, 2.45) is 5.84 Å². The Bertz CT molecular complexity index is 669. The molecular weight excluding hydrogens is 370 g/mol. The highest BCUT2D eigenvalue weighted by atomic mass is 16.3. The summed E-state index contributed by atoms with van der Waals surface area (Å²) in [6.07, 6.45) is 0.598. The molecule has 0 radical (unpaired) electrons. The van der Waals surface area contributed by atoms with Crippen LogP contribution in [0.1, 0.15) is 12.0 Å². The molecule has 0 fully saturated rings. The van der Waals surface area contributed by atoms with Crippen LogP contribution in [0.15, 0.2) is 30.3 Å². The zero-order chi connectivity index (χ0) is 20.9. The number of carbonyl (C=O) groups is 4. The molecule has 1 aromatic carbocycles. The Morgan fingerprint density at radius 2 is 1.46 bits per heavy atom. The van der Waals surface area contributed by atoms with E-state index < -0.39 is 55.5 Å². The van der Waals surface area contributed by atoms with Crippen molar-refractivity contribution in [2.45, 2.75) is 24.9 Å². The molecule has 4 amide bonds. The highest BCUT2D eigenvalue weighted by Gasteiger charge is 2.22. The van der Waals surface area contributed by atoms with Crippen molar-refractivity contribution in [1.29, 1.82) is 0 Å². The Morgan fingerprint density at radius 1 is 0.893 bits per heavy atom. The molecule has 154 valence electrons. The summed E-state index contributed by atoms with van der Waals surface area (Å²) in [5.41, 5.74) is 2.74. The molecule has 0 saturated heterocycles. The average molecular weight is 395 g/mol. The number of hydrazine groups is 1. The first-order chi connectivity index (χ1) is 13.4. The number of rotatable bonds is 11. The molecule has 0 unspecified atom stereocenters. The Hall–Kier alpha value is -3.02. The zero-order valence-corrected chi connectivity index (χ0v) is 15.2. The molecule has 0 bridgehead atoms. The van der Waals surface area contributed by atoms with E-state index in [1.807, 2.05) is 30.3 Å². The number of carbonyl (C=O) groups excluding carboxylic acids is 4. The maximum absolute atomic E-state index is 12.0. The van der Waals surface area contributed by atoms with E-state index in [1.54, 1.807) is 5.43 Å². The highest BCUT2D eigenvalue weighted by Crippen LogP contribution is 2.02. The van der Waals surface area contributed by atoms with E-state index in [0.29, 0.717) is 6.42 Å². The van der Waals surface area contributed by atoms with Gasteiger partial charge >= 0.3 is 0 Å². The summed E-state index contributed by atoms with van der Waals surface area (Å²) in [5, 5.41) is 25.1. The minimum absolute atomic E-state index is 0.126. The number of amides is 4. The average Bonchev–Trinajstić information content (AvgIpc) is 2.72. The van der Waals surface area contributed by atoms with E-state index in [1.165, 1.54) is 0 Å². The summed E-state index contributed by atoms with van der Waals surface area (Å²) in [7, 11) is 0. The van der Waals surface area contributed by atoms with Gasteiger partial charge in [-0.3, -0.25) is 24.6 Å². The third-order valence-electron chi connectivity index (χ3n) is 3.72. The smallest absolute Gasteiger partial charge is 0.258 e. The number of hydrogen-bond acceptors (Lipinski definition) is 7. The normalized spacial score (nSPS) is 12.4. The molecule has 11 heteroatoms. The molecule has 0 saturated carbocycles. The SMILES string of the molecule is NNC(=O)[C@H](CO)NC(=O)CNC(=O)[C@H](CO)NC(=O)CCc1ccccc1. The molecule has 8 N–H and O–H groups in total. The van der Waals surface area contributed by atoms with E-state index in [2.05, 4.69) is 16.0 Å². The second kappa shape index (κ2) is 12.4. The number of nitrogens with two attached hydrogens (primary N) is 1. The van der Waals surface area contributed by atoms with Gasteiger partial charge in [-0.25, -0.2) is 5.84 Å². The van der Waals surface area contributed by atoms with Crippen LogP contribution in [0.2, 0.25) is 0 Å². The number of aryl methyl sites for hydroxylation is 1. The molecule has 1 aromatic rings. The largest absolute Gasteiger partial charge is 0.394 e. The predicted octanol–water partition coefficient (Wildman–Crippen LogP) is -3.32. The summed E-state index contributed by atoms with van der Waals surface area (Å²) < 4.78 is 0. The van der Waals surface area contributed by atoms with E-state index in [0.717, 1.165) is 5.56 Å². The monoisotopic (exact) mass is 395 g/mol. The molecule has 0 aromatic heterocycles. The van der Waals surface area contributed by atoms with Crippen LogP contribution in [0.25, 0.3) is 0 Å². The van der Waals surface area contributed by atoms with Crippen molar-refractivity contribution in [3.05, 3.63) is 35.9 Å². The van der Waals surface area contributed by atoms with Gasteiger partial charge in [0.25, 0.3) is 5.91 Å². The van der Waals surface area contributed by atoms with Crippen molar-refractivity contribution < 1.29 is 29.4 Å². The molecule has 0 aliphatic rings. The number of benzene rings is 1. The number of aliphatic hydroxyl groups is 2. The lowest BCUT2D eigenvalue weighted by molar-refractivity contribution is -0.132. The Morgan fingerprint density at radius 3 is 2.04 bits per heavy atom. The van der Waals surface area contributed by atoms with Crippen molar-refractivity contribution >= 4 is 23.6 Å². The summed E-state index contributed by atoms with van der Waals surface area (Å²) in [6, 6.07) is 6.80. The topological polar surface area (TPSA) is 183 Å². The van der Waals surface area contributed by atoms with Crippen LogP contribution in [0, 0.1) is 0 Å². The summed E-state index contributed by atoms with van der Waals surface area (Å²) in [5.74, 6) is 2.15. The molecular formula is C17H25N5O6. The van der Waals surface area contributed by atoms with Crippen LogP contribution in [-0.4, -0.2) is 65.7 Å². The van der Waals surface area contributed by atoms with Crippen LogP contribution in [0.3, 0.4) is 0 Å². The lowest BCUT2D eigenvalue weighted by Gasteiger charge is -2.17. The minimum Gasteiger partial charge on any atom is -0.394 e. The van der Waals surface area contributed by atoms with Crippen molar-refractivity contribution in [1.82, 2.24) is 21.4 Å². The first kappa shape index (κ1) is 23.0. The number of hydrogen-bond donors (Lipinski definition) is 7. The van der Waals surface area contributed by atoms with E-state index in [-0.39, 0.29) is 6.42 Å². The van der Waals surface area contributed by atoms with Crippen LogP contribution in [-0.2, 0) is 25.6 Å². The lowest BCUT2D eigenvalue weighted by Crippen LogP contribution is -2.54. The van der Waals surface area contributed by atoms with Gasteiger partial charge in [0.15, 0.2) is 0 Å². The highest BCUT2D eigenvalue weighted by molar-refractivity contribution is 5.92. The number of aliphatic hydroxyl groups excluding tert-OH is 2. The molecule has 0 heterocycles. The van der Waals surface area contributed by atoms with Gasteiger partial charge in [0.1, 0.15) is 12.1 Å². The molecule has 0 spiro atoms. The molecule has 28 heavy (non-hydrogen) atoms. The summed E-state index contributed by atoms with van der Waals surface area (Å²) in [4.78, 5) is 47.0. The first-order valence-corrected chi connectivity index (χ1v) is 8.53. The van der Waals surface area contributed by atoms with Crippen LogP contribution >= 0.6 is 0 Å². The molecule has 11 nitrogen and oxygen atoms in total. The predicted molar refractivity (Wildman–Crippen MR) is 98.1 cm³/mol. The van der Waals surface area contributed by atoms with Crippen LogP contribution in [0.4, 0.5) is 0 Å². The summed E-state index contributed by atoms with van der Waals surface area (Å²) >= 11 is 0. The van der Waals surface area contributed by atoms with E-state index >= 15 is 0 Å². The lowest BCUT2D eigenvalue weighted by atomic mass is 10.1. The standard InChI is InChI=1S/C17H25N5O6/c18-22-17(28)13(10-24)21-15(26)8-19-16(27)12(9-23)20-14(25)7-6-11-4-2-1-3-5-11/h1-5,12-13,23-24H,6-10,18H2,(H,19,27)(H,20,25)(H,21,26)(H,22,28)/t12-,13-/m0/s1. The third-order valence-corrected chi connectivity index (χ3v) is 3.72. The van der Waals surface area contributed by atoms with Crippen LogP contribution in [0.5, 0.6) is 0 Å². The van der Waals surface area contributed by atoms with Gasteiger partial charge in [-0.05, 0) is 12.0 Å². The van der Waals surface area contributed by atoms with Crippen molar-refractivity contribution in [3.63, 3.8) is 0 Å². The van der Waals surface area contributed by atoms with Gasteiger partial charge in [-0.15, -0.1) is 0 Å². The second-order valence-corrected chi connectivity index (χ2v) is 5.82. The zero-order valence-electron chi connectivity index (χ0n) is 15.2. The Kier molecular flexibility index (Phi) is 10.2. The third kappa shape index (κ3) is 8.12. The quantitative estimate of drug-likeness (QED) is 0.116. The Balaban J connectivity index is 2.42. The Labute approximate surface area is 161 Å². The van der Waals surface area contributed by atoms with Gasteiger partial charge in [-0.1, -0.05) is 30.3 Å². The fraction of sp³-hybridized carbons (Fsp3) is 0.412. The minimum atomic E-state index is -1.26. The molecule has 2 atom stereocenters. The van der Waals surface area contributed by atoms with Crippen LogP contribution < -0.4 is 27.2 Å². The van der Waals surface area contributed by atoms with Gasteiger partial charge in [0.2, 0.25) is 17.7 Å². The summed E-state index contributed by atoms with van der Waals surface area (Å²) in [6.45, 7) is -1.86. The van der Waals surface area contributed by atoms with Gasteiger partial charge < -0.3 is 26.2 Å². The van der Waals surface area contributed by atoms with E-state index in [9.17, 15) is 24.3 Å². The van der Waals surface area contributed by atoms with Gasteiger partial charge in [-0.2, -0.15) is 0 Å². The first-order valence-electron chi connectivity index (χ1n) is 8.53. The maximum Gasteiger partial charge on any atom is 0.258 e. The van der Waals surface area contributed by atoms with Crippen molar-refractivity contribution in [2.75, 3.05) is 19.8 Å². The second-order valence-electron chi connectivity index (χ2n) is 5.82. The molecule has 1 rings (SSSR count). The van der Waals surface area contributed by atoms with Crippen molar-refractivity contribution in [3.8, 4) is 0 Å². The van der Waals surface area contributed by atoms with Gasteiger partial charge in [0, 0.05) is 6.42 Å². The maximum atomic E-state index is 12.0. The fourth-order valence-electron chi connectivity index (χ4n) is 2.19. The molecule has 0 aliphatic heterocycles. The van der Waals surface area contributed by atoms with Gasteiger partial charge in [0.05, 0.1) is 19.8 Å².